The van der Waals surface area contributed by atoms with Crippen LogP contribution in [0.25, 0.3) is 10.9 Å². The van der Waals surface area contributed by atoms with Gasteiger partial charge in [-0.2, -0.15) is 0 Å². The van der Waals surface area contributed by atoms with Crippen molar-refractivity contribution in [2.75, 3.05) is 31.1 Å². The topological polar surface area (TPSA) is 41.0 Å². The molecule has 1 fully saturated rings. The van der Waals surface area contributed by atoms with Crippen LogP contribution in [0, 0.1) is 0 Å². The largest absolute Gasteiger partial charge is 0.353 e. The van der Waals surface area contributed by atoms with Gasteiger partial charge < -0.3 is 10.2 Å². The number of para-hydroxylation sites is 1. The van der Waals surface area contributed by atoms with Crippen LogP contribution in [-0.4, -0.2) is 36.1 Å². The standard InChI is InChI=1S/C12H13ClN4/c13-10-3-1-2-9-11(10)15-8-16-12(9)17-6-4-14-5-7-17/h1-3,8,14H,4-7H2. The third kappa shape index (κ3) is 1.94. The highest BCUT2D eigenvalue weighted by Gasteiger charge is 2.15. The van der Waals surface area contributed by atoms with Gasteiger partial charge in [0.05, 0.1) is 10.5 Å². The first kappa shape index (κ1) is 10.7. The first-order valence-electron chi connectivity index (χ1n) is 5.71. The summed E-state index contributed by atoms with van der Waals surface area (Å²) >= 11 is 6.15. The summed E-state index contributed by atoms with van der Waals surface area (Å²) in [6.07, 6.45) is 1.59. The summed E-state index contributed by atoms with van der Waals surface area (Å²) in [4.78, 5) is 10.9. The van der Waals surface area contributed by atoms with E-state index in [1.54, 1.807) is 6.33 Å². The van der Waals surface area contributed by atoms with Crippen molar-refractivity contribution in [3.8, 4) is 0 Å². The van der Waals surface area contributed by atoms with E-state index in [1.165, 1.54) is 0 Å². The summed E-state index contributed by atoms with van der Waals surface area (Å²) in [7, 11) is 0. The van der Waals surface area contributed by atoms with Crippen LogP contribution in [0.4, 0.5) is 5.82 Å². The maximum Gasteiger partial charge on any atom is 0.140 e. The maximum absolute atomic E-state index is 6.15. The second kappa shape index (κ2) is 4.47. The van der Waals surface area contributed by atoms with Gasteiger partial charge in [0, 0.05) is 31.6 Å². The molecule has 1 saturated heterocycles. The molecule has 4 nitrogen and oxygen atoms in total. The van der Waals surface area contributed by atoms with E-state index in [4.69, 9.17) is 11.6 Å². The monoisotopic (exact) mass is 248 g/mol. The van der Waals surface area contributed by atoms with E-state index in [9.17, 15) is 0 Å². The molecule has 17 heavy (non-hydrogen) atoms. The lowest BCUT2D eigenvalue weighted by molar-refractivity contribution is 0.586. The van der Waals surface area contributed by atoms with Crippen LogP contribution < -0.4 is 10.2 Å². The number of piperazine rings is 1. The quantitative estimate of drug-likeness (QED) is 0.834. The Bertz CT molecular complexity index is 537. The molecule has 0 atom stereocenters. The number of rotatable bonds is 1. The van der Waals surface area contributed by atoms with Crippen molar-refractivity contribution >= 4 is 28.3 Å². The van der Waals surface area contributed by atoms with E-state index >= 15 is 0 Å². The van der Waals surface area contributed by atoms with Crippen molar-refractivity contribution in [1.82, 2.24) is 15.3 Å². The van der Waals surface area contributed by atoms with Crippen molar-refractivity contribution in [3.05, 3.63) is 29.5 Å². The highest BCUT2D eigenvalue weighted by atomic mass is 35.5. The number of halogens is 1. The van der Waals surface area contributed by atoms with Gasteiger partial charge in [-0.15, -0.1) is 0 Å². The van der Waals surface area contributed by atoms with Crippen LogP contribution in [0.1, 0.15) is 0 Å². The summed E-state index contributed by atoms with van der Waals surface area (Å²) < 4.78 is 0. The minimum absolute atomic E-state index is 0.682. The van der Waals surface area contributed by atoms with Gasteiger partial charge in [-0.1, -0.05) is 17.7 Å². The Morgan fingerprint density at radius 1 is 1.18 bits per heavy atom. The van der Waals surface area contributed by atoms with Gasteiger partial charge in [-0.05, 0) is 12.1 Å². The van der Waals surface area contributed by atoms with Crippen LogP contribution in [0.3, 0.4) is 0 Å². The lowest BCUT2D eigenvalue weighted by atomic mass is 10.2. The summed E-state index contributed by atoms with van der Waals surface area (Å²) in [5.41, 5.74) is 0.831. The van der Waals surface area contributed by atoms with Gasteiger partial charge in [0.1, 0.15) is 12.1 Å². The zero-order valence-corrected chi connectivity index (χ0v) is 10.1. The Balaban J connectivity index is 2.12. The second-order valence-electron chi connectivity index (χ2n) is 4.07. The van der Waals surface area contributed by atoms with E-state index in [0.717, 1.165) is 42.9 Å². The predicted octanol–water partition coefficient (Wildman–Crippen LogP) is 1.69. The molecule has 1 aliphatic rings. The molecule has 5 heteroatoms. The molecule has 0 bridgehead atoms. The molecule has 0 aliphatic carbocycles. The Labute approximate surface area is 105 Å². The Kier molecular flexibility index (Phi) is 2.82. The molecule has 0 spiro atoms. The molecular formula is C12H13ClN4. The molecule has 1 aromatic carbocycles. The summed E-state index contributed by atoms with van der Waals surface area (Å²) in [5, 5.41) is 5.04. The Morgan fingerprint density at radius 3 is 2.82 bits per heavy atom. The zero-order valence-electron chi connectivity index (χ0n) is 9.36. The van der Waals surface area contributed by atoms with E-state index in [0.29, 0.717) is 5.02 Å². The number of aromatic nitrogens is 2. The van der Waals surface area contributed by atoms with Gasteiger partial charge in [0.25, 0.3) is 0 Å². The third-order valence-corrected chi connectivity index (χ3v) is 3.32. The van der Waals surface area contributed by atoms with E-state index in [2.05, 4.69) is 20.2 Å². The molecular weight excluding hydrogens is 236 g/mol. The van der Waals surface area contributed by atoms with Crippen molar-refractivity contribution in [3.63, 3.8) is 0 Å². The average molecular weight is 249 g/mol. The minimum Gasteiger partial charge on any atom is -0.353 e. The van der Waals surface area contributed by atoms with Crippen LogP contribution in [0.15, 0.2) is 24.5 Å². The second-order valence-corrected chi connectivity index (χ2v) is 4.48. The van der Waals surface area contributed by atoms with Crippen molar-refractivity contribution in [2.45, 2.75) is 0 Å². The number of nitrogens with zero attached hydrogens (tertiary/aromatic N) is 3. The maximum atomic E-state index is 6.15. The smallest absolute Gasteiger partial charge is 0.140 e. The van der Waals surface area contributed by atoms with Gasteiger partial charge in [0.15, 0.2) is 0 Å². The van der Waals surface area contributed by atoms with Crippen LogP contribution in [0.5, 0.6) is 0 Å². The predicted molar refractivity (Wildman–Crippen MR) is 69.6 cm³/mol. The normalized spacial score (nSPS) is 16.4. The van der Waals surface area contributed by atoms with Gasteiger partial charge in [0.2, 0.25) is 0 Å². The van der Waals surface area contributed by atoms with Crippen molar-refractivity contribution < 1.29 is 0 Å². The number of hydrogen-bond acceptors (Lipinski definition) is 4. The third-order valence-electron chi connectivity index (χ3n) is 3.01. The fourth-order valence-electron chi connectivity index (χ4n) is 2.17. The molecule has 0 radical (unpaired) electrons. The molecule has 1 aliphatic heterocycles. The Hall–Kier alpha value is -1.39. The van der Waals surface area contributed by atoms with Crippen LogP contribution in [-0.2, 0) is 0 Å². The van der Waals surface area contributed by atoms with Gasteiger partial charge in [-0.3, -0.25) is 0 Å². The molecule has 88 valence electrons. The SMILES string of the molecule is Clc1cccc2c(N3CCNCC3)ncnc12. The molecule has 2 aromatic rings. The lowest BCUT2D eigenvalue weighted by Gasteiger charge is -2.29. The van der Waals surface area contributed by atoms with E-state index in [1.807, 2.05) is 18.2 Å². The molecule has 0 amide bonds. The molecule has 0 saturated carbocycles. The van der Waals surface area contributed by atoms with Crippen LogP contribution >= 0.6 is 11.6 Å². The fourth-order valence-corrected chi connectivity index (χ4v) is 2.39. The highest BCUT2D eigenvalue weighted by molar-refractivity contribution is 6.35. The summed E-state index contributed by atoms with van der Waals surface area (Å²) in [6.45, 7) is 3.93. The lowest BCUT2D eigenvalue weighted by Crippen LogP contribution is -2.44. The molecule has 1 aromatic heterocycles. The molecule has 2 heterocycles. The average Bonchev–Trinajstić information content (AvgIpc) is 2.40. The number of anilines is 1. The first-order chi connectivity index (χ1) is 8.36. The van der Waals surface area contributed by atoms with Gasteiger partial charge in [-0.25, -0.2) is 9.97 Å². The number of fused-ring (bicyclic) bond motifs is 1. The molecule has 0 unspecified atom stereocenters. The number of hydrogen-bond donors (Lipinski definition) is 1. The van der Waals surface area contributed by atoms with Crippen LogP contribution in [0.2, 0.25) is 5.02 Å². The van der Waals surface area contributed by atoms with E-state index < -0.39 is 0 Å². The highest BCUT2D eigenvalue weighted by Crippen LogP contribution is 2.27. The Morgan fingerprint density at radius 2 is 2.00 bits per heavy atom. The summed E-state index contributed by atoms with van der Waals surface area (Å²) in [6, 6.07) is 5.83. The van der Waals surface area contributed by atoms with E-state index in [-0.39, 0.29) is 0 Å². The molecule has 1 N–H and O–H groups in total. The fraction of sp³-hybridized carbons (Fsp3) is 0.333. The number of nitrogens with one attached hydrogen (secondary N) is 1. The molecule has 3 rings (SSSR count). The van der Waals surface area contributed by atoms with Crippen molar-refractivity contribution in [1.29, 1.82) is 0 Å². The minimum atomic E-state index is 0.682. The summed E-state index contributed by atoms with van der Waals surface area (Å²) in [5.74, 6) is 0.985. The number of benzene rings is 1. The zero-order chi connectivity index (χ0) is 11.7. The first-order valence-corrected chi connectivity index (χ1v) is 6.09. The van der Waals surface area contributed by atoms with Crippen molar-refractivity contribution in [2.24, 2.45) is 0 Å². The van der Waals surface area contributed by atoms with Gasteiger partial charge >= 0.3 is 0 Å².